The predicted octanol–water partition coefficient (Wildman–Crippen LogP) is 6.94. The quantitative estimate of drug-likeness (QED) is 0.412. The molecule has 0 atom stereocenters. The molecule has 3 aromatic rings. The number of halogens is 3. The van der Waals surface area contributed by atoms with E-state index in [1.807, 2.05) is 42.5 Å². The molecule has 0 aliphatic heterocycles. The second kappa shape index (κ2) is 6.39. The largest absolute Gasteiger partial charge is 0.457 e. The number of ether oxygens (including phenoxy) is 1. The van der Waals surface area contributed by atoms with E-state index in [1.54, 1.807) is 0 Å². The van der Waals surface area contributed by atoms with Crippen LogP contribution in [0.5, 0.6) is 11.5 Å². The number of alkyl halides is 1. The van der Waals surface area contributed by atoms with Crippen LogP contribution in [0.1, 0.15) is 5.56 Å². The van der Waals surface area contributed by atoms with Crippen LogP contribution in [-0.2, 0) is 5.33 Å². The maximum atomic E-state index is 6.05. The van der Waals surface area contributed by atoms with Gasteiger partial charge in [-0.2, -0.15) is 0 Å². The molecule has 0 heterocycles. The second-order valence-electron chi connectivity index (χ2n) is 4.64. The molecular weight excluding hydrogens is 415 g/mol. The molecule has 0 bridgehead atoms. The van der Waals surface area contributed by atoms with Gasteiger partial charge in [0.05, 0.1) is 0 Å². The first-order valence-electron chi connectivity index (χ1n) is 6.37. The minimum atomic E-state index is 0.666. The summed E-state index contributed by atoms with van der Waals surface area (Å²) in [5.41, 5.74) is 1.07. The van der Waals surface area contributed by atoms with E-state index in [1.165, 1.54) is 5.39 Å². The van der Waals surface area contributed by atoms with Crippen molar-refractivity contribution in [1.29, 1.82) is 0 Å². The van der Waals surface area contributed by atoms with Crippen LogP contribution < -0.4 is 4.74 Å². The van der Waals surface area contributed by atoms with Crippen LogP contribution in [0.15, 0.2) is 59.1 Å². The normalized spacial score (nSPS) is 10.8. The predicted molar refractivity (Wildman–Crippen MR) is 95.8 cm³/mol. The molecule has 0 aliphatic carbocycles. The molecule has 0 saturated carbocycles. The van der Waals surface area contributed by atoms with Crippen molar-refractivity contribution in [1.82, 2.24) is 0 Å². The lowest BCUT2D eigenvalue weighted by atomic mass is 10.1. The molecule has 0 aliphatic rings. The summed E-state index contributed by atoms with van der Waals surface area (Å²) in [4.78, 5) is 0. The van der Waals surface area contributed by atoms with E-state index in [0.717, 1.165) is 32.3 Å². The van der Waals surface area contributed by atoms with Crippen LogP contribution >= 0.6 is 43.5 Å². The molecule has 0 fully saturated rings. The van der Waals surface area contributed by atoms with Gasteiger partial charge in [0, 0.05) is 20.4 Å². The molecule has 0 aromatic heterocycles. The van der Waals surface area contributed by atoms with E-state index in [-0.39, 0.29) is 0 Å². The van der Waals surface area contributed by atoms with E-state index in [9.17, 15) is 0 Å². The average Bonchev–Trinajstić information content (AvgIpc) is 2.48. The lowest BCUT2D eigenvalue weighted by Gasteiger charge is -2.11. The van der Waals surface area contributed by atoms with Gasteiger partial charge in [0.25, 0.3) is 0 Å². The molecule has 3 rings (SSSR count). The SMILES string of the molecule is Clc1ccc(CBr)c(Oc2ccc3cc(Br)ccc3c2)c1. The molecule has 0 N–H and O–H groups in total. The Balaban J connectivity index is 1.98. The smallest absolute Gasteiger partial charge is 0.132 e. The van der Waals surface area contributed by atoms with Crippen molar-refractivity contribution < 1.29 is 4.74 Å². The highest BCUT2D eigenvalue weighted by atomic mass is 79.9. The minimum Gasteiger partial charge on any atom is -0.457 e. The molecule has 21 heavy (non-hydrogen) atoms. The highest BCUT2D eigenvalue weighted by molar-refractivity contribution is 9.10. The zero-order valence-electron chi connectivity index (χ0n) is 10.9. The summed E-state index contributed by atoms with van der Waals surface area (Å²) in [6.07, 6.45) is 0. The molecule has 0 unspecified atom stereocenters. The van der Waals surface area contributed by atoms with E-state index >= 15 is 0 Å². The van der Waals surface area contributed by atoms with Crippen molar-refractivity contribution in [3.63, 3.8) is 0 Å². The Bertz CT molecular complexity index is 802. The number of rotatable bonds is 3. The summed E-state index contributed by atoms with van der Waals surface area (Å²) in [5.74, 6) is 1.57. The van der Waals surface area contributed by atoms with Gasteiger partial charge in [-0.15, -0.1) is 0 Å². The third kappa shape index (κ3) is 3.42. The van der Waals surface area contributed by atoms with Gasteiger partial charge in [-0.1, -0.05) is 61.7 Å². The molecule has 106 valence electrons. The number of benzene rings is 3. The van der Waals surface area contributed by atoms with E-state index < -0.39 is 0 Å². The molecular formula is C17H11Br2ClO. The number of hydrogen-bond acceptors (Lipinski definition) is 1. The number of hydrogen-bond donors (Lipinski definition) is 0. The third-order valence-corrected chi connectivity index (χ3v) is 4.51. The van der Waals surface area contributed by atoms with Crippen molar-refractivity contribution in [2.24, 2.45) is 0 Å². The second-order valence-corrected chi connectivity index (χ2v) is 6.55. The zero-order chi connectivity index (χ0) is 14.8. The van der Waals surface area contributed by atoms with Gasteiger partial charge < -0.3 is 4.74 Å². The first kappa shape index (κ1) is 14.9. The summed E-state index contributed by atoms with van der Waals surface area (Å²) in [6.45, 7) is 0. The van der Waals surface area contributed by atoms with Gasteiger partial charge in [0.2, 0.25) is 0 Å². The van der Waals surface area contributed by atoms with Crippen molar-refractivity contribution in [3.8, 4) is 11.5 Å². The van der Waals surface area contributed by atoms with Gasteiger partial charge >= 0.3 is 0 Å². The highest BCUT2D eigenvalue weighted by Gasteiger charge is 2.06. The summed E-state index contributed by atoms with van der Waals surface area (Å²) < 4.78 is 7.06. The third-order valence-electron chi connectivity index (χ3n) is 3.17. The van der Waals surface area contributed by atoms with Crippen molar-refractivity contribution in [2.75, 3.05) is 0 Å². The Morgan fingerprint density at radius 3 is 2.48 bits per heavy atom. The Morgan fingerprint density at radius 2 is 1.67 bits per heavy atom. The van der Waals surface area contributed by atoms with Gasteiger partial charge in [0.1, 0.15) is 11.5 Å². The summed E-state index contributed by atoms with van der Waals surface area (Å²) >= 11 is 13.0. The van der Waals surface area contributed by atoms with E-state index in [0.29, 0.717) is 5.02 Å². The summed E-state index contributed by atoms with van der Waals surface area (Å²) in [5, 5.41) is 3.70. The average molecular weight is 427 g/mol. The highest BCUT2D eigenvalue weighted by Crippen LogP contribution is 2.32. The van der Waals surface area contributed by atoms with Crippen molar-refractivity contribution in [3.05, 3.63) is 69.7 Å². The van der Waals surface area contributed by atoms with Crippen LogP contribution in [0.2, 0.25) is 5.02 Å². The Labute approximate surface area is 145 Å². The zero-order valence-corrected chi connectivity index (χ0v) is 14.9. The lowest BCUT2D eigenvalue weighted by Crippen LogP contribution is -1.89. The fraction of sp³-hybridized carbons (Fsp3) is 0.0588. The molecule has 0 spiro atoms. The maximum Gasteiger partial charge on any atom is 0.132 e. The number of fused-ring (bicyclic) bond motifs is 1. The van der Waals surface area contributed by atoms with Crippen molar-refractivity contribution in [2.45, 2.75) is 5.33 Å². The molecule has 0 radical (unpaired) electrons. The minimum absolute atomic E-state index is 0.666. The monoisotopic (exact) mass is 424 g/mol. The maximum absolute atomic E-state index is 6.05. The van der Waals surface area contributed by atoms with Gasteiger partial charge in [-0.25, -0.2) is 0 Å². The first-order valence-corrected chi connectivity index (χ1v) is 8.66. The molecule has 0 amide bonds. The molecule has 1 nitrogen and oxygen atoms in total. The molecule has 4 heteroatoms. The fourth-order valence-electron chi connectivity index (χ4n) is 2.12. The fourth-order valence-corrected chi connectivity index (χ4v) is 3.12. The lowest BCUT2D eigenvalue weighted by molar-refractivity contribution is 0.479. The standard InChI is InChI=1S/C17H11Br2ClO/c18-10-13-2-5-15(20)9-17(13)21-16-6-3-11-7-14(19)4-1-12(11)8-16/h1-9H,10H2. The summed E-state index contributed by atoms with van der Waals surface area (Å²) in [7, 11) is 0. The Kier molecular flexibility index (Phi) is 4.53. The van der Waals surface area contributed by atoms with E-state index in [4.69, 9.17) is 16.3 Å². The van der Waals surface area contributed by atoms with E-state index in [2.05, 4.69) is 44.0 Å². The Morgan fingerprint density at radius 1 is 0.905 bits per heavy atom. The van der Waals surface area contributed by atoms with Gasteiger partial charge in [-0.3, -0.25) is 0 Å². The van der Waals surface area contributed by atoms with Gasteiger partial charge in [-0.05, 0) is 47.2 Å². The van der Waals surface area contributed by atoms with Crippen LogP contribution in [0, 0.1) is 0 Å². The van der Waals surface area contributed by atoms with Crippen LogP contribution in [0.3, 0.4) is 0 Å². The summed E-state index contributed by atoms with van der Waals surface area (Å²) in [6, 6.07) is 17.9. The molecule has 3 aromatic carbocycles. The van der Waals surface area contributed by atoms with Gasteiger partial charge in [0.15, 0.2) is 0 Å². The van der Waals surface area contributed by atoms with Crippen LogP contribution in [0.4, 0.5) is 0 Å². The van der Waals surface area contributed by atoms with Crippen molar-refractivity contribution >= 4 is 54.2 Å². The molecule has 0 saturated heterocycles. The topological polar surface area (TPSA) is 9.23 Å². The Hall–Kier alpha value is -1.03. The van der Waals surface area contributed by atoms with Crippen LogP contribution in [-0.4, -0.2) is 0 Å². The van der Waals surface area contributed by atoms with Crippen LogP contribution in [0.25, 0.3) is 10.8 Å². The first-order chi connectivity index (χ1) is 10.2.